The van der Waals surface area contributed by atoms with Gasteiger partial charge in [0.2, 0.25) is 35.4 Å². The van der Waals surface area contributed by atoms with Gasteiger partial charge in [-0.2, -0.15) is 0 Å². The van der Waals surface area contributed by atoms with Crippen molar-refractivity contribution in [1.29, 1.82) is 0 Å². The van der Waals surface area contributed by atoms with Crippen molar-refractivity contribution in [2.24, 2.45) is 23.3 Å². The number of nitrogens with one attached hydrogen (secondary N) is 4. The van der Waals surface area contributed by atoms with Crippen LogP contribution in [0.2, 0.25) is 0 Å². The number of amides is 6. The topological polar surface area (TPSA) is 235 Å². The quantitative estimate of drug-likeness (QED) is 0.142. The molecule has 0 radical (unpaired) electrons. The minimum Gasteiger partial charge on any atom is -0.494 e. The number of ether oxygens (including phenoxy) is 1. The molecule has 0 aliphatic carbocycles. The van der Waals surface area contributed by atoms with Gasteiger partial charge in [0.15, 0.2) is 0 Å². The molecule has 3 aliphatic rings. The summed E-state index contributed by atoms with van der Waals surface area (Å²) in [5, 5.41) is 22.6. The molecule has 50 heavy (non-hydrogen) atoms. The normalized spacial score (nSPS) is 23.1. The van der Waals surface area contributed by atoms with Crippen molar-refractivity contribution in [2.45, 2.75) is 115 Å². The Kier molecular flexibility index (Phi) is 15.5. The SMILES string of the molecule is CC[C@H](C)C(NC(=O)[C@@H]1CCCN1C[C@H](O)[C@@H]1Cc2ccc(cc2)OCCCCC(=O)N[C@@H](CC(N)=O)C(=O)N1)C(=O)N[C@H](C(N)=O)C(C)C. The molecule has 0 saturated carbocycles. The second kappa shape index (κ2) is 19.2. The number of carbonyl (C=O) groups excluding carboxylic acids is 6. The molecular weight excluding hydrogens is 646 g/mol. The number of carbonyl (C=O) groups is 6. The van der Waals surface area contributed by atoms with Gasteiger partial charge in [-0.05, 0) is 68.2 Å². The molecule has 0 aromatic heterocycles. The largest absolute Gasteiger partial charge is 0.494 e. The van der Waals surface area contributed by atoms with Gasteiger partial charge >= 0.3 is 0 Å². The number of primary amides is 2. The smallest absolute Gasteiger partial charge is 0.243 e. The first kappa shape index (κ1) is 40.2. The first-order chi connectivity index (χ1) is 23.7. The molecule has 3 aliphatic heterocycles. The molecule has 9 N–H and O–H groups in total. The summed E-state index contributed by atoms with van der Waals surface area (Å²) in [6.07, 6.45) is 1.57. The Morgan fingerprint density at radius 1 is 1.00 bits per heavy atom. The fraction of sp³-hybridized carbons (Fsp3) is 0.657. The minimum absolute atomic E-state index is 0.00830. The second-order valence-corrected chi connectivity index (χ2v) is 13.8. The van der Waals surface area contributed by atoms with E-state index in [1.54, 1.807) is 26.0 Å². The van der Waals surface area contributed by atoms with Crippen molar-refractivity contribution in [3.05, 3.63) is 29.8 Å². The van der Waals surface area contributed by atoms with Crippen molar-refractivity contribution < 1.29 is 38.6 Å². The number of hydrogen-bond acceptors (Lipinski definition) is 9. The molecule has 3 heterocycles. The van der Waals surface area contributed by atoms with E-state index in [1.807, 2.05) is 30.9 Å². The molecule has 2 bridgehead atoms. The second-order valence-electron chi connectivity index (χ2n) is 13.8. The summed E-state index contributed by atoms with van der Waals surface area (Å²) in [6, 6.07) is 2.68. The van der Waals surface area contributed by atoms with Gasteiger partial charge in [0.05, 0.1) is 31.2 Å². The summed E-state index contributed by atoms with van der Waals surface area (Å²) < 4.78 is 5.78. The number of fused-ring (bicyclic) bond motifs is 13. The average Bonchev–Trinajstić information content (AvgIpc) is 3.52. The molecule has 1 aromatic rings. The number of β-amino-alcohol motifs (C(OH)–C–C–N with tert-alkyl or cyclic N) is 1. The fourth-order valence-electron chi connectivity index (χ4n) is 6.27. The van der Waals surface area contributed by atoms with Crippen molar-refractivity contribution in [3.8, 4) is 5.75 Å². The Balaban J connectivity index is 1.81. The molecule has 15 heteroatoms. The lowest BCUT2D eigenvalue weighted by Crippen LogP contribution is -2.59. The number of nitrogens with zero attached hydrogens (tertiary/aromatic N) is 1. The Labute approximate surface area is 294 Å². The molecule has 1 unspecified atom stereocenters. The van der Waals surface area contributed by atoms with Crippen LogP contribution in [0.5, 0.6) is 5.75 Å². The molecule has 1 fully saturated rings. The monoisotopic (exact) mass is 701 g/mol. The molecular formula is C35H55N7O8. The predicted octanol–water partition coefficient (Wildman–Crippen LogP) is -0.381. The number of hydrogen-bond donors (Lipinski definition) is 7. The first-order valence-corrected chi connectivity index (χ1v) is 17.6. The van der Waals surface area contributed by atoms with Crippen LogP contribution >= 0.6 is 0 Å². The van der Waals surface area contributed by atoms with E-state index in [2.05, 4.69) is 21.3 Å². The molecule has 15 nitrogen and oxygen atoms in total. The van der Waals surface area contributed by atoms with Crippen LogP contribution < -0.4 is 37.5 Å². The summed E-state index contributed by atoms with van der Waals surface area (Å²) in [6.45, 7) is 8.16. The van der Waals surface area contributed by atoms with E-state index in [1.165, 1.54) is 0 Å². The maximum absolute atomic E-state index is 13.7. The zero-order chi connectivity index (χ0) is 37.0. The van der Waals surface area contributed by atoms with Crippen LogP contribution in [-0.4, -0.2) is 101 Å². The highest BCUT2D eigenvalue weighted by Crippen LogP contribution is 2.21. The summed E-state index contributed by atoms with van der Waals surface area (Å²) in [4.78, 5) is 78.7. The van der Waals surface area contributed by atoms with Gasteiger partial charge in [-0.15, -0.1) is 0 Å². The Morgan fingerprint density at radius 2 is 1.70 bits per heavy atom. The number of nitrogens with two attached hydrogens (primary N) is 2. The van der Waals surface area contributed by atoms with Gasteiger partial charge in [-0.1, -0.05) is 46.2 Å². The maximum Gasteiger partial charge on any atom is 0.243 e. The third-order valence-corrected chi connectivity index (χ3v) is 9.45. The summed E-state index contributed by atoms with van der Waals surface area (Å²) in [5.41, 5.74) is 11.7. The summed E-state index contributed by atoms with van der Waals surface area (Å²) >= 11 is 0. The van der Waals surface area contributed by atoms with E-state index in [4.69, 9.17) is 16.2 Å². The van der Waals surface area contributed by atoms with E-state index in [-0.39, 0.29) is 31.2 Å². The van der Waals surface area contributed by atoms with E-state index < -0.39 is 78.2 Å². The van der Waals surface area contributed by atoms with Crippen LogP contribution in [0.3, 0.4) is 0 Å². The number of benzene rings is 1. The van der Waals surface area contributed by atoms with Gasteiger partial charge < -0.3 is 42.6 Å². The number of aliphatic hydroxyl groups excluding tert-OH is 1. The predicted molar refractivity (Wildman–Crippen MR) is 185 cm³/mol. The molecule has 1 aromatic carbocycles. The van der Waals surface area contributed by atoms with Gasteiger partial charge in [0, 0.05) is 13.0 Å². The van der Waals surface area contributed by atoms with Crippen LogP contribution in [0.1, 0.15) is 78.2 Å². The highest BCUT2D eigenvalue weighted by atomic mass is 16.5. The van der Waals surface area contributed by atoms with Crippen molar-refractivity contribution >= 4 is 35.4 Å². The van der Waals surface area contributed by atoms with E-state index in [9.17, 15) is 33.9 Å². The van der Waals surface area contributed by atoms with Crippen LogP contribution in [-0.2, 0) is 35.2 Å². The fourth-order valence-corrected chi connectivity index (χ4v) is 6.27. The standard InChI is InChI=1S/C35H55N7O8/c1-5-21(4)31(35(49)40-30(20(2)3)32(37)46)41-34(48)26-9-8-15-42(26)19-27(43)24-17-22-11-13-23(14-12-22)50-16-7-6-10-29(45)38-25(18-28(36)44)33(47)39-24/h11-14,20-21,24-27,30-31,43H,5-10,15-19H2,1-4H3,(H2,36,44)(H2,37,46)(H,38,45)(H,39,47)(H,40,49)(H,41,48)/t21-,24-,25-,26-,27-,30-,31?/m0/s1. The highest BCUT2D eigenvalue weighted by Gasteiger charge is 2.38. The average molecular weight is 702 g/mol. The summed E-state index contributed by atoms with van der Waals surface area (Å²) in [5.74, 6) is -3.26. The minimum atomic E-state index is -1.24. The molecule has 6 amide bonds. The first-order valence-electron chi connectivity index (χ1n) is 17.6. The highest BCUT2D eigenvalue weighted by molar-refractivity contribution is 5.93. The Hall–Kier alpha value is -4.24. The summed E-state index contributed by atoms with van der Waals surface area (Å²) in [7, 11) is 0. The van der Waals surface area contributed by atoms with Crippen molar-refractivity contribution in [2.75, 3.05) is 19.7 Å². The number of rotatable bonds is 13. The molecule has 7 atom stereocenters. The van der Waals surface area contributed by atoms with Crippen molar-refractivity contribution in [1.82, 2.24) is 26.2 Å². The molecule has 4 rings (SSSR count). The lowest BCUT2D eigenvalue weighted by molar-refractivity contribution is -0.134. The van der Waals surface area contributed by atoms with Gasteiger partial charge in [-0.3, -0.25) is 33.7 Å². The third kappa shape index (κ3) is 12.0. The maximum atomic E-state index is 13.7. The van der Waals surface area contributed by atoms with Crippen LogP contribution in [0.25, 0.3) is 0 Å². The van der Waals surface area contributed by atoms with Gasteiger partial charge in [0.1, 0.15) is 23.9 Å². The zero-order valence-electron chi connectivity index (χ0n) is 29.6. The van der Waals surface area contributed by atoms with Crippen LogP contribution in [0.4, 0.5) is 0 Å². The van der Waals surface area contributed by atoms with Crippen molar-refractivity contribution in [3.63, 3.8) is 0 Å². The number of aliphatic hydroxyl groups is 1. The lowest BCUT2D eigenvalue weighted by atomic mass is 9.96. The zero-order valence-corrected chi connectivity index (χ0v) is 29.6. The molecule has 1 saturated heterocycles. The van der Waals surface area contributed by atoms with Gasteiger partial charge in [-0.25, -0.2) is 0 Å². The third-order valence-electron chi connectivity index (χ3n) is 9.45. The lowest BCUT2D eigenvalue weighted by Gasteiger charge is -2.33. The van der Waals surface area contributed by atoms with Crippen LogP contribution in [0, 0.1) is 11.8 Å². The molecule has 0 spiro atoms. The van der Waals surface area contributed by atoms with Crippen LogP contribution in [0.15, 0.2) is 24.3 Å². The molecule has 278 valence electrons. The van der Waals surface area contributed by atoms with E-state index >= 15 is 0 Å². The van der Waals surface area contributed by atoms with E-state index in [0.29, 0.717) is 51.0 Å². The Bertz CT molecular complexity index is 1340. The Morgan fingerprint density at radius 3 is 2.32 bits per heavy atom. The van der Waals surface area contributed by atoms with Gasteiger partial charge in [0.25, 0.3) is 0 Å². The van der Waals surface area contributed by atoms with E-state index in [0.717, 1.165) is 5.56 Å². The number of likely N-dealkylation sites (tertiary alicyclic amines) is 1.